The highest BCUT2D eigenvalue weighted by atomic mass is 32.2. The Bertz CT molecular complexity index is 1560. The number of nitrogens with one attached hydrogen (secondary N) is 2. The SMILES string of the molecule is COC(=O)C(Cc1ccccc1)C(=O)NC(Cc1ccc(NS(=O)(=O)O)cc1)c1csc(-c2ccc(C)nc2)n1. The van der Waals surface area contributed by atoms with Gasteiger partial charge < -0.3 is 10.1 Å². The van der Waals surface area contributed by atoms with E-state index >= 15 is 0 Å². The van der Waals surface area contributed by atoms with Gasteiger partial charge in [-0.25, -0.2) is 4.98 Å². The number of rotatable bonds is 11. The minimum Gasteiger partial charge on any atom is -0.468 e. The summed E-state index contributed by atoms with van der Waals surface area (Å²) in [6.07, 6.45) is 2.20. The number of hydrogen-bond donors (Lipinski definition) is 3. The fourth-order valence-electron chi connectivity index (χ4n) is 4.04. The van der Waals surface area contributed by atoms with Crippen LogP contribution >= 0.6 is 11.3 Å². The van der Waals surface area contributed by atoms with Gasteiger partial charge in [0.25, 0.3) is 0 Å². The third-order valence-corrected chi connectivity index (χ3v) is 7.48. The topological polar surface area (TPSA) is 148 Å². The van der Waals surface area contributed by atoms with Crippen LogP contribution in [0.15, 0.2) is 78.3 Å². The predicted octanol–water partition coefficient (Wildman–Crippen LogP) is 4.16. The number of methoxy groups -OCH3 is 1. The van der Waals surface area contributed by atoms with Gasteiger partial charge in [0.2, 0.25) is 5.91 Å². The molecule has 4 rings (SSSR count). The first-order valence-electron chi connectivity index (χ1n) is 12.3. The second kappa shape index (κ2) is 12.8. The zero-order chi connectivity index (χ0) is 28.7. The highest BCUT2D eigenvalue weighted by molar-refractivity contribution is 7.87. The molecule has 2 unspecified atom stereocenters. The maximum absolute atomic E-state index is 13.5. The van der Waals surface area contributed by atoms with Gasteiger partial charge in [-0.2, -0.15) is 8.42 Å². The molecular formula is C28H28N4O6S2. The Hall–Kier alpha value is -4.13. The zero-order valence-corrected chi connectivity index (χ0v) is 23.4. The van der Waals surface area contributed by atoms with Gasteiger partial charge in [0.15, 0.2) is 0 Å². The van der Waals surface area contributed by atoms with E-state index in [1.807, 2.05) is 59.5 Å². The molecule has 2 atom stereocenters. The number of ether oxygens (including phenoxy) is 1. The lowest BCUT2D eigenvalue weighted by Gasteiger charge is -2.21. The van der Waals surface area contributed by atoms with E-state index in [2.05, 4.69) is 10.3 Å². The van der Waals surface area contributed by atoms with Crippen LogP contribution in [0.1, 0.15) is 28.6 Å². The summed E-state index contributed by atoms with van der Waals surface area (Å²) < 4.78 is 38.2. The molecule has 0 aliphatic heterocycles. The van der Waals surface area contributed by atoms with Gasteiger partial charge in [0.05, 0.1) is 24.5 Å². The monoisotopic (exact) mass is 580 g/mol. The number of carbonyl (C=O) groups is 2. The van der Waals surface area contributed by atoms with Crippen LogP contribution in [0.3, 0.4) is 0 Å². The van der Waals surface area contributed by atoms with Crippen LogP contribution in [0.2, 0.25) is 0 Å². The Morgan fingerprint density at radius 2 is 1.70 bits per heavy atom. The molecule has 0 saturated carbocycles. The molecule has 3 N–H and O–H groups in total. The lowest BCUT2D eigenvalue weighted by atomic mass is 9.97. The maximum atomic E-state index is 13.5. The summed E-state index contributed by atoms with van der Waals surface area (Å²) >= 11 is 1.41. The average molecular weight is 581 g/mol. The van der Waals surface area contributed by atoms with Gasteiger partial charge in [0.1, 0.15) is 10.9 Å². The largest absolute Gasteiger partial charge is 0.468 e. The summed E-state index contributed by atoms with van der Waals surface area (Å²) in [6, 6.07) is 18.7. The minimum atomic E-state index is -4.41. The normalized spacial score (nSPS) is 12.8. The Morgan fingerprint density at radius 1 is 1.00 bits per heavy atom. The standard InChI is InChI=1S/C28H28N4O6S2/c1-18-8-11-21(16-29-18)27-31-25(17-39-27)24(15-20-9-12-22(13-10-20)32-40(35,36)37)30-26(33)23(28(34)38-2)14-19-6-4-3-5-7-19/h3-13,16-17,23-24,32H,14-15H2,1-2H3,(H,30,33)(H,35,36,37). The van der Waals surface area contributed by atoms with E-state index in [0.29, 0.717) is 12.1 Å². The first-order valence-corrected chi connectivity index (χ1v) is 14.6. The van der Waals surface area contributed by atoms with Crippen molar-refractivity contribution in [2.75, 3.05) is 11.8 Å². The third-order valence-electron chi connectivity index (χ3n) is 6.08. The van der Waals surface area contributed by atoms with E-state index in [1.54, 1.807) is 18.3 Å². The molecule has 2 heterocycles. The fourth-order valence-corrected chi connectivity index (χ4v) is 5.34. The Balaban J connectivity index is 1.61. The average Bonchev–Trinajstić information content (AvgIpc) is 3.42. The van der Waals surface area contributed by atoms with Gasteiger partial charge in [-0.1, -0.05) is 42.5 Å². The Labute approximate surface area is 236 Å². The van der Waals surface area contributed by atoms with Crippen LogP contribution in [-0.4, -0.2) is 41.9 Å². The molecule has 0 fully saturated rings. The lowest BCUT2D eigenvalue weighted by molar-refractivity contribution is -0.150. The number of amides is 1. The van der Waals surface area contributed by atoms with Gasteiger partial charge >= 0.3 is 16.3 Å². The summed E-state index contributed by atoms with van der Waals surface area (Å²) in [5, 5.41) is 5.55. The number of aryl methyl sites for hydroxylation is 1. The summed E-state index contributed by atoms with van der Waals surface area (Å²) in [6.45, 7) is 1.90. The van der Waals surface area contributed by atoms with Crippen molar-refractivity contribution in [3.63, 3.8) is 0 Å². The van der Waals surface area contributed by atoms with Gasteiger partial charge in [-0.05, 0) is 55.2 Å². The molecule has 0 bridgehead atoms. The van der Waals surface area contributed by atoms with E-state index in [9.17, 15) is 18.0 Å². The Morgan fingerprint density at radius 3 is 2.33 bits per heavy atom. The molecule has 0 spiro atoms. The fraction of sp³-hybridized carbons (Fsp3) is 0.214. The van der Waals surface area contributed by atoms with E-state index < -0.39 is 34.1 Å². The predicted molar refractivity (Wildman–Crippen MR) is 152 cm³/mol. The third kappa shape index (κ3) is 7.94. The number of benzene rings is 2. The van der Waals surface area contributed by atoms with Crippen LogP contribution in [0.4, 0.5) is 5.69 Å². The van der Waals surface area contributed by atoms with Crippen molar-refractivity contribution in [1.29, 1.82) is 0 Å². The Kier molecular flexibility index (Phi) is 9.25. The number of thiazole rings is 1. The van der Waals surface area contributed by atoms with Crippen molar-refractivity contribution in [2.24, 2.45) is 5.92 Å². The number of aromatic nitrogens is 2. The van der Waals surface area contributed by atoms with Crippen LogP contribution in [0, 0.1) is 12.8 Å². The van der Waals surface area contributed by atoms with E-state index in [-0.39, 0.29) is 12.1 Å². The highest BCUT2D eigenvalue weighted by Crippen LogP contribution is 2.28. The minimum absolute atomic E-state index is 0.166. The van der Waals surface area contributed by atoms with Crippen molar-refractivity contribution >= 4 is 39.2 Å². The van der Waals surface area contributed by atoms with Crippen molar-refractivity contribution < 1.29 is 27.3 Å². The first kappa shape index (κ1) is 28.9. The number of nitrogens with zero attached hydrogens (tertiary/aromatic N) is 2. The zero-order valence-electron chi connectivity index (χ0n) is 21.8. The summed E-state index contributed by atoms with van der Waals surface area (Å²) in [5.74, 6) is -2.22. The van der Waals surface area contributed by atoms with Crippen molar-refractivity contribution in [1.82, 2.24) is 15.3 Å². The molecule has 10 nitrogen and oxygen atoms in total. The van der Waals surface area contributed by atoms with Crippen LogP contribution in [-0.2, 0) is 37.5 Å². The van der Waals surface area contributed by atoms with E-state index in [4.69, 9.17) is 14.3 Å². The molecule has 0 saturated heterocycles. The molecule has 1 amide bonds. The number of pyridine rings is 1. The second-order valence-electron chi connectivity index (χ2n) is 9.07. The molecule has 12 heteroatoms. The number of esters is 1. The smallest absolute Gasteiger partial charge is 0.357 e. The number of hydrogen-bond acceptors (Lipinski definition) is 8. The maximum Gasteiger partial charge on any atom is 0.357 e. The molecule has 2 aromatic heterocycles. The molecule has 0 aliphatic carbocycles. The lowest BCUT2D eigenvalue weighted by Crippen LogP contribution is -2.40. The summed E-state index contributed by atoms with van der Waals surface area (Å²) in [5.41, 5.74) is 4.07. The van der Waals surface area contributed by atoms with E-state index in [0.717, 1.165) is 27.4 Å². The molecule has 4 aromatic rings. The molecular weight excluding hydrogens is 552 g/mol. The summed E-state index contributed by atoms with van der Waals surface area (Å²) in [7, 11) is -3.16. The molecule has 208 valence electrons. The second-order valence-corrected chi connectivity index (χ2v) is 11.1. The van der Waals surface area contributed by atoms with Crippen molar-refractivity contribution in [2.45, 2.75) is 25.8 Å². The molecule has 2 aromatic carbocycles. The van der Waals surface area contributed by atoms with Crippen molar-refractivity contribution in [3.05, 3.63) is 101 Å². The summed E-state index contributed by atoms with van der Waals surface area (Å²) in [4.78, 5) is 35.2. The van der Waals surface area contributed by atoms with E-state index in [1.165, 1.54) is 30.6 Å². The highest BCUT2D eigenvalue weighted by Gasteiger charge is 2.30. The van der Waals surface area contributed by atoms with Gasteiger partial charge in [-0.3, -0.25) is 23.8 Å². The van der Waals surface area contributed by atoms with Crippen molar-refractivity contribution in [3.8, 4) is 10.6 Å². The molecule has 0 radical (unpaired) electrons. The number of anilines is 1. The number of carbonyl (C=O) groups excluding carboxylic acids is 2. The molecule has 40 heavy (non-hydrogen) atoms. The van der Waals surface area contributed by atoms with Crippen LogP contribution in [0.5, 0.6) is 0 Å². The van der Waals surface area contributed by atoms with Gasteiger partial charge in [-0.15, -0.1) is 11.3 Å². The van der Waals surface area contributed by atoms with Crippen LogP contribution in [0.25, 0.3) is 10.6 Å². The quantitative estimate of drug-likeness (QED) is 0.136. The molecule has 0 aliphatic rings. The van der Waals surface area contributed by atoms with Crippen LogP contribution < -0.4 is 10.0 Å². The van der Waals surface area contributed by atoms with Gasteiger partial charge in [0, 0.05) is 22.8 Å². The first-order chi connectivity index (χ1) is 19.1.